The van der Waals surface area contributed by atoms with Crippen LogP contribution in [0.2, 0.25) is 0 Å². The quantitative estimate of drug-likeness (QED) is 0.873. The number of thioether (sulfide) groups is 1. The molecule has 1 aromatic heterocycles. The topological polar surface area (TPSA) is 37.8 Å². The van der Waals surface area contributed by atoms with Gasteiger partial charge in [0, 0.05) is 18.6 Å². The van der Waals surface area contributed by atoms with E-state index in [2.05, 4.69) is 34.0 Å². The molecule has 0 aromatic carbocycles. The second-order valence-corrected chi connectivity index (χ2v) is 5.76. The standard InChI is InChI=1S/C13H21N3S/c1-2-15-12(13-10-14-5-6-16-13)9-11-3-7-17-8-4-11/h5-6,10-12,15H,2-4,7-9H2,1H3. The van der Waals surface area contributed by atoms with Crippen molar-refractivity contribution in [1.82, 2.24) is 15.3 Å². The van der Waals surface area contributed by atoms with Gasteiger partial charge in [-0.2, -0.15) is 11.8 Å². The van der Waals surface area contributed by atoms with E-state index < -0.39 is 0 Å². The number of nitrogens with one attached hydrogen (secondary N) is 1. The number of rotatable bonds is 5. The molecule has 3 nitrogen and oxygen atoms in total. The van der Waals surface area contributed by atoms with Gasteiger partial charge in [-0.1, -0.05) is 6.92 Å². The maximum absolute atomic E-state index is 4.43. The van der Waals surface area contributed by atoms with Crippen molar-refractivity contribution in [2.24, 2.45) is 5.92 Å². The van der Waals surface area contributed by atoms with Gasteiger partial charge in [0.25, 0.3) is 0 Å². The molecule has 1 N–H and O–H groups in total. The van der Waals surface area contributed by atoms with Crippen LogP contribution in [-0.4, -0.2) is 28.0 Å². The SMILES string of the molecule is CCNC(CC1CCSCC1)c1cnccn1. The first-order chi connectivity index (χ1) is 8.40. The summed E-state index contributed by atoms with van der Waals surface area (Å²) < 4.78 is 0. The van der Waals surface area contributed by atoms with Crippen molar-refractivity contribution in [3.8, 4) is 0 Å². The van der Waals surface area contributed by atoms with Crippen LogP contribution in [0.3, 0.4) is 0 Å². The molecule has 1 saturated heterocycles. The van der Waals surface area contributed by atoms with Crippen LogP contribution in [0.1, 0.15) is 37.9 Å². The Morgan fingerprint density at radius 3 is 2.88 bits per heavy atom. The molecule has 1 fully saturated rings. The lowest BCUT2D eigenvalue weighted by Crippen LogP contribution is -2.25. The van der Waals surface area contributed by atoms with Crippen LogP contribution in [0.25, 0.3) is 0 Å². The predicted molar refractivity (Wildman–Crippen MR) is 73.1 cm³/mol. The van der Waals surface area contributed by atoms with E-state index >= 15 is 0 Å². The van der Waals surface area contributed by atoms with Gasteiger partial charge in [0.2, 0.25) is 0 Å². The summed E-state index contributed by atoms with van der Waals surface area (Å²) in [6, 6.07) is 0.377. The van der Waals surface area contributed by atoms with Crippen molar-refractivity contribution < 1.29 is 0 Å². The molecular weight excluding hydrogens is 230 g/mol. The van der Waals surface area contributed by atoms with Crippen LogP contribution in [0.15, 0.2) is 18.6 Å². The fourth-order valence-corrected chi connectivity index (χ4v) is 3.57. The highest BCUT2D eigenvalue weighted by Gasteiger charge is 2.20. The molecule has 0 bridgehead atoms. The molecule has 0 amide bonds. The Hall–Kier alpha value is -0.610. The van der Waals surface area contributed by atoms with Crippen LogP contribution < -0.4 is 5.32 Å². The maximum Gasteiger partial charge on any atom is 0.0756 e. The van der Waals surface area contributed by atoms with Gasteiger partial charge >= 0.3 is 0 Å². The second kappa shape index (κ2) is 6.97. The van der Waals surface area contributed by atoms with Crippen LogP contribution in [-0.2, 0) is 0 Å². The van der Waals surface area contributed by atoms with Gasteiger partial charge in [0.05, 0.1) is 11.7 Å². The number of hydrogen-bond donors (Lipinski definition) is 1. The minimum Gasteiger partial charge on any atom is -0.309 e. The summed E-state index contributed by atoms with van der Waals surface area (Å²) in [6.07, 6.45) is 9.33. The van der Waals surface area contributed by atoms with Gasteiger partial charge in [0.15, 0.2) is 0 Å². The predicted octanol–water partition coefficient (Wildman–Crippen LogP) is 2.66. The molecule has 94 valence electrons. The van der Waals surface area contributed by atoms with Gasteiger partial charge in [-0.05, 0) is 43.2 Å². The highest BCUT2D eigenvalue weighted by atomic mass is 32.2. The molecule has 0 radical (unpaired) electrons. The van der Waals surface area contributed by atoms with Crippen LogP contribution in [0.4, 0.5) is 0 Å². The molecule has 1 aliphatic rings. The smallest absolute Gasteiger partial charge is 0.0756 e. The number of aromatic nitrogens is 2. The summed E-state index contributed by atoms with van der Waals surface area (Å²) >= 11 is 2.09. The van der Waals surface area contributed by atoms with E-state index in [-0.39, 0.29) is 0 Å². The zero-order valence-electron chi connectivity index (χ0n) is 10.4. The van der Waals surface area contributed by atoms with Crippen LogP contribution in [0, 0.1) is 5.92 Å². The highest BCUT2D eigenvalue weighted by molar-refractivity contribution is 7.99. The fraction of sp³-hybridized carbons (Fsp3) is 0.692. The van der Waals surface area contributed by atoms with E-state index in [1.54, 1.807) is 12.4 Å². The molecule has 1 aromatic rings. The molecular formula is C13H21N3S. The Morgan fingerprint density at radius 1 is 1.41 bits per heavy atom. The molecule has 1 atom stereocenters. The summed E-state index contributed by atoms with van der Waals surface area (Å²) in [5.74, 6) is 3.50. The average molecular weight is 251 g/mol. The molecule has 0 aliphatic carbocycles. The molecule has 0 spiro atoms. The monoisotopic (exact) mass is 251 g/mol. The van der Waals surface area contributed by atoms with Gasteiger partial charge in [0.1, 0.15) is 0 Å². The summed E-state index contributed by atoms with van der Waals surface area (Å²) in [6.45, 7) is 3.14. The molecule has 0 saturated carbocycles. The summed E-state index contributed by atoms with van der Waals surface area (Å²) in [5, 5.41) is 3.54. The first-order valence-electron chi connectivity index (χ1n) is 6.47. The Labute approximate surface area is 108 Å². The lowest BCUT2D eigenvalue weighted by Gasteiger charge is -2.26. The zero-order valence-corrected chi connectivity index (χ0v) is 11.2. The second-order valence-electron chi connectivity index (χ2n) is 4.53. The highest BCUT2D eigenvalue weighted by Crippen LogP contribution is 2.30. The third-order valence-corrected chi connectivity index (χ3v) is 4.35. The summed E-state index contributed by atoms with van der Waals surface area (Å²) in [5.41, 5.74) is 1.09. The summed E-state index contributed by atoms with van der Waals surface area (Å²) in [4.78, 5) is 8.61. The van der Waals surface area contributed by atoms with E-state index in [1.165, 1.54) is 30.8 Å². The van der Waals surface area contributed by atoms with Crippen molar-refractivity contribution in [1.29, 1.82) is 0 Å². The number of hydrogen-bond acceptors (Lipinski definition) is 4. The van der Waals surface area contributed by atoms with E-state index in [0.717, 1.165) is 18.2 Å². The molecule has 4 heteroatoms. The van der Waals surface area contributed by atoms with E-state index in [1.807, 2.05) is 6.20 Å². The first kappa shape index (κ1) is 12.8. The zero-order chi connectivity index (χ0) is 11.9. The molecule has 2 rings (SSSR count). The Kier molecular flexibility index (Phi) is 5.26. The van der Waals surface area contributed by atoms with Gasteiger partial charge in [-0.3, -0.25) is 9.97 Å². The van der Waals surface area contributed by atoms with Gasteiger partial charge < -0.3 is 5.32 Å². The Morgan fingerprint density at radius 2 is 2.24 bits per heavy atom. The third-order valence-electron chi connectivity index (χ3n) is 3.30. The van der Waals surface area contributed by atoms with E-state index in [4.69, 9.17) is 0 Å². The van der Waals surface area contributed by atoms with Crippen molar-refractivity contribution in [3.05, 3.63) is 24.3 Å². The minimum atomic E-state index is 0.377. The van der Waals surface area contributed by atoms with Crippen LogP contribution in [0.5, 0.6) is 0 Å². The number of nitrogens with zero attached hydrogens (tertiary/aromatic N) is 2. The van der Waals surface area contributed by atoms with Gasteiger partial charge in [-0.25, -0.2) is 0 Å². The molecule has 1 aliphatic heterocycles. The van der Waals surface area contributed by atoms with E-state index in [9.17, 15) is 0 Å². The van der Waals surface area contributed by atoms with Crippen molar-refractivity contribution in [3.63, 3.8) is 0 Å². The Balaban J connectivity index is 1.96. The summed E-state index contributed by atoms with van der Waals surface area (Å²) in [7, 11) is 0. The third kappa shape index (κ3) is 3.96. The molecule has 17 heavy (non-hydrogen) atoms. The van der Waals surface area contributed by atoms with Crippen LogP contribution >= 0.6 is 11.8 Å². The lowest BCUT2D eigenvalue weighted by atomic mass is 9.93. The van der Waals surface area contributed by atoms with Crippen molar-refractivity contribution in [2.75, 3.05) is 18.1 Å². The van der Waals surface area contributed by atoms with Crippen molar-refractivity contribution >= 4 is 11.8 Å². The largest absolute Gasteiger partial charge is 0.309 e. The lowest BCUT2D eigenvalue weighted by molar-refractivity contribution is 0.369. The van der Waals surface area contributed by atoms with Crippen molar-refractivity contribution in [2.45, 2.75) is 32.2 Å². The Bertz CT molecular complexity index is 312. The average Bonchev–Trinajstić information content (AvgIpc) is 2.40. The van der Waals surface area contributed by atoms with Gasteiger partial charge in [-0.15, -0.1) is 0 Å². The maximum atomic E-state index is 4.43. The van der Waals surface area contributed by atoms with E-state index in [0.29, 0.717) is 6.04 Å². The fourth-order valence-electron chi connectivity index (χ4n) is 2.36. The molecule has 2 heterocycles. The first-order valence-corrected chi connectivity index (χ1v) is 7.62. The minimum absolute atomic E-state index is 0.377. The normalized spacial score (nSPS) is 19.1. The molecule has 1 unspecified atom stereocenters.